The van der Waals surface area contributed by atoms with Gasteiger partial charge in [-0.2, -0.15) is 10.4 Å². The van der Waals surface area contributed by atoms with Gasteiger partial charge in [0.25, 0.3) is 0 Å². The molecule has 0 aliphatic heterocycles. The number of nitrogens with zero attached hydrogens (tertiary/aromatic N) is 5. The topological polar surface area (TPSA) is 67.4 Å². The summed E-state index contributed by atoms with van der Waals surface area (Å²) in [5.74, 6) is 0. The summed E-state index contributed by atoms with van der Waals surface area (Å²) in [7, 11) is 0. The lowest BCUT2D eigenvalue weighted by Gasteiger charge is -2.26. The van der Waals surface area contributed by atoms with Crippen LogP contribution in [0.15, 0.2) is 61.3 Å². The van der Waals surface area contributed by atoms with E-state index in [1.165, 1.54) is 6.33 Å². The minimum atomic E-state index is -0.769. The summed E-state index contributed by atoms with van der Waals surface area (Å²) >= 11 is 5.94. The Labute approximate surface area is 145 Å². The zero-order chi connectivity index (χ0) is 16.8. The van der Waals surface area contributed by atoms with E-state index in [1.807, 2.05) is 42.5 Å². The van der Waals surface area contributed by atoms with Gasteiger partial charge in [-0.1, -0.05) is 29.8 Å². The Bertz CT molecular complexity index is 809. The number of benzene rings is 1. The van der Waals surface area contributed by atoms with E-state index in [2.05, 4.69) is 21.1 Å². The van der Waals surface area contributed by atoms with Gasteiger partial charge in [0, 0.05) is 11.2 Å². The number of pyridine rings is 1. The maximum absolute atomic E-state index is 9.98. The summed E-state index contributed by atoms with van der Waals surface area (Å²) in [5, 5.41) is 14.8. The summed E-state index contributed by atoms with van der Waals surface area (Å²) in [4.78, 5) is 8.39. The van der Waals surface area contributed by atoms with E-state index in [0.29, 0.717) is 18.0 Å². The van der Waals surface area contributed by atoms with Crippen molar-refractivity contribution >= 4 is 11.6 Å². The molecule has 0 N–H and O–H groups in total. The van der Waals surface area contributed by atoms with Crippen LogP contribution in [0.2, 0.25) is 5.02 Å². The fraction of sp³-hybridized carbons (Fsp3) is 0.222. The predicted octanol–water partition coefficient (Wildman–Crippen LogP) is 3.42. The summed E-state index contributed by atoms with van der Waals surface area (Å²) in [6.45, 7) is 0.411. The summed E-state index contributed by atoms with van der Waals surface area (Å²) in [5.41, 5.74) is 1.11. The maximum Gasteiger partial charge on any atom is 0.137 e. The Morgan fingerprint density at radius 2 is 2.00 bits per heavy atom. The molecular weight excluding hydrogens is 322 g/mol. The highest BCUT2D eigenvalue weighted by Crippen LogP contribution is 2.29. The summed E-state index contributed by atoms with van der Waals surface area (Å²) in [6.07, 6.45) is 6.18. The number of aromatic nitrogens is 4. The molecule has 2 heterocycles. The Morgan fingerprint density at radius 3 is 2.62 bits per heavy atom. The fourth-order valence-electron chi connectivity index (χ4n) is 2.68. The van der Waals surface area contributed by atoms with Crippen LogP contribution in [0, 0.1) is 11.3 Å². The van der Waals surface area contributed by atoms with Crippen molar-refractivity contribution in [1.29, 1.82) is 5.26 Å². The highest BCUT2D eigenvalue weighted by molar-refractivity contribution is 6.30. The van der Waals surface area contributed by atoms with Crippen LogP contribution >= 0.6 is 11.6 Å². The first kappa shape index (κ1) is 16.2. The largest absolute Gasteiger partial charge is 0.260 e. The van der Waals surface area contributed by atoms with Gasteiger partial charge in [-0.15, -0.1) is 0 Å². The number of rotatable bonds is 6. The first-order chi connectivity index (χ1) is 11.7. The molecule has 1 atom stereocenters. The van der Waals surface area contributed by atoms with Crippen LogP contribution in [-0.4, -0.2) is 19.7 Å². The first-order valence-corrected chi connectivity index (χ1v) is 7.99. The van der Waals surface area contributed by atoms with E-state index >= 15 is 0 Å². The van der Waals surface area contributed by atoms with Gasteiger partial charge in [-0.3, -0.25) is 9.67 Å². The number of hydrogen-bond donors (Lipinski definition) is 0. The molecule has 0 spiro atoms. The lowest BCUT2D eigenvalue weighted by Crippen LogP contribution is -2.32. The van der Waals surface area contributed by atoms with E-state index in [1.54, 1.807) is 17.2 Å². The van der Waals surface area contributed by atoms with Crippen LogP contribution in [0.3, 0.4) is 0 Å². The van der Waals surface area contributed by atoms with Crippen molar-refractivity contribution in [3.8, 4) is 6.07 Å². The molecule has 3 aromatic rings. The zero-order valence-electron chi connectivity index (χ0n) is 13.0. The molecular formula is C18H16ClN5. The molecule has 0 aliphatic rings. The number of nitriles is 1. The van der Waals surface area contributed by atoms with E-state index in [9.17, 15) is 5.26 Å². The monoisotopic (exact) mass is 337 g/mol. The Kier molecular flexibility index (Phi) is 4.88. The smallest absolute Gasteiger partial charge is 0.137 e. The average Bonchev–Trinajstić information content (AvgIpc) is 3.14. The second kappa shape index (κ2) is 7.24. The Morgan fingerprint density at radius 1 is 1.17 bits per heavy atom. The molecule has 0 saturated heterocycles. The van der Waals surface area contributed by atoms with Crippen LogP contribution in [-0.2, 0) is 18.4 Å². The maximum atomic E-state index is 9.98. The van der Waals surface area contributed by atoms with Crippen molar-refractivity contribution in [2.75, 3.05) is 0 Å². The number of halogens is 1. The summed E-state index contributed by atoms with van der Waals surface area (Å²) < 4.78 is 1.68. The number of aryl methyl sites for hydroxylation is 1. The van der Waals surface area contributed by atoms with E-state index in [4.69, 9.17) is 11.6 Å². The standard InChI is InChI=1S/C18H16ClN5/c19-16-6-4-15(5-7-16)8-9-18(11-20,12-24-14-21-13-23-24)17-3-1-2-10-22-17/h1-7,10,13-14H,8-9,12H2. The molecule has 1 aromatic carbocycles. The predicted molar refractivity (Wildman–Crippen MR) is 91.3 cm³/mol. The van der Waals surface area contributed by atoms with Crippen LogP contribution in [0.4, 0.5) is 0 Å². The lowest BCUT2D eigenvalue weighted by molar-refractivity contribution is 0.393. The van der Waals surface area contributed by atoms with Gasteiger partial charge in [-0.25, -0.2) is 4.98 Å². The third kappa shape index (κ3) is 3.61. The second-order valence-corrected chi connectivity index (χ2v) is 6.06. The summed E-state index contributed by atoms with van der Waals surface area (Å²) in [6, 6.07) is 15.8. The first-order valence-electron chi connectivity index (χ1n) is 7.61. The molecule has 0 aliphatic carbocycles. The molecule has 0 saturated carbocycles. The molecule has 0 fully saturated rings. The number of hydrogen-bond acceptors (Lipinski definition) is 4. The quantitative estimate of drug-likeness (QED) is 0.691. The molecule has 0 amide bonds. The molecule has 24 heavy (non-hydrogen) atoms. The molecule has 0 bridgehead atoms. The van der Waals surface area contributed by atoms with Crippen molar-refractivity contribution < 1.29 is 0 Å². The van der Waals surface area contributed by atoms with Crippen molar-refractivity contribution in [1.82, 2.24) is 19.7 Å². The van der Waals surface area contributed by atoms with Gasteiger partial charge in [0.05, 0.1) is 18.3 Å². The van der Waals surface area contributed by atoms with Crippen molar-refractivity contribution in [3.63, 3.8) is 0 Å². The Hall–Kier alpha value is -2.71. The van der Waals surface area contributed by atoms with E-state index in [-0.39, 0.29) is 0 Å². The van der Waals surface area contributed by atoms with Crippen LogP contribution in [0.5, 0.6) is 0 Å². The van der Waals surface area contributed by atoms with Gasteiger partial charge >= 0.3 is 0 Å². The molecule has 120 valence electrons. The van der Waals surface area contributed by atoms with Gasteiger partial charge in [0.15, 0.2) is 0 Å². The molecule has 6 heteroatoms. The molecule has 1 unspecified atom stereocenters. The van der Waals surface area contributed by atoms with E-state index < -0.39 is 5.41 Å². The highest BCUT2D eigenvalue weighted by atomic mass is 35.5. The van der Waals surface area contributed by atoms with Gasteiger partial charge < -0.3 is 0 Å². The Balaban J connectivity index is 1.89. The lowest BCUT2D eigenvalue weighted by atomic mass is 9.80. The van der Waals surface area contributed by atoms with E-state index in [0.717, 1.165) is 17.7 Å². The SMILES string of the molecule is N#CC(CCc1ccc(Cl)cc1)(Cn1cncn1)c1ccccn1. The fourth-order valence-corrected chi connectivity index (χ4v) is 2.81. The molecule has 5 nitrogen and oxygen atoms in total. The molecule has 0 radical (unpaired) electrons. The average molecular weight is 338 g/mol. The zero-order valence-corrected chi connectivity index (χ0v) is 13.8. The minimum Gasteiger partial charge on any atom is -0.260 e. The van der Waals surface area contributed by atoms with Crippen LogP contribution < -0.4 is 0 Å². The molecule has 3 rings (SSSR count). The normalized spacial score (nSPS) is 13.2. The van der Waals surface area contributed by atoms with Crippen molar-refractivity contribution in [2.45, 2.75) is 24.8 Å². The van der Waals surface area contributed by atoms with Gasteiger partial charge in [-0.05, 0) is 42.7 Å². The van der Waals surface area contributed by atoms with Crippen LogP contribution in [0.25, 0.3) is 0 Å². The van der Waals surface area contributed by atoms with Crippen molar-refractivity contribution in [3.05, 3.63) is 77.6 Å². The third-order valence-corrected chi connectivity index (χ3v) is 4.27. The molecule has 2 aromatic heterocycles. The second-order valence-electron chi connectivity index (χ2n) is 5.63. The van der Waals surface area contributed by atoms with Gasteiger partial charge in [0.1, 0.15) is 18.1 Å². The van der Waals surface area contributed by atoms with Crippen molar-refractivity contribution in [2.24, 2.45) is 0 Å². The van der Waals surface area contributed by atoms with Gasteiger partial charge in [0.2, 0.25) is 0 Å². The minimum absolute atomic E-state index is 0.411. The third-order valence-electron chi connectivity index (χ3n) is 4.02. The highest BCUT2D eigenvalue weighted by Gasteiger charge is 2.34. The van der Waals surface area contributed by atoms with Crippen LogP contribution in [0.1, 0.15) is 17.7 Å².